The third kappa shape index (κ3) is 5.41. The molecule has 1 fully saturated rings. The number of sulfonamides is 1. The Morgan fingerprint density at radius 2 is 1.71 bits per heavy atom. The van der Waals surface area contributed by atoms with Gasteiger partial charge in [0.2, 0.25) is 10.0 Å². The Bertz CT molecular complexity index is 1730. The summed E-state index contributed by atoms with van der Waals surface area (Å²) in [7, 11) is -1.97. The van der Waals surface area contributed by atoms with Crippen molar-refractivity contribution in [2.24, 2.45) is 0 Å². The maximum Gasteiger partial charge on any atom is 0.229 e. The van der Waals surface area contributed by atoms with Crippen molar-refractivity contribution in [2.75, 3.05) is 23.0 Å². The molecule has 2 aromatic heterocycles. The van der Waals surface area contributed by atoms with Crippen LogP contribution in [0.1, 0.15) is 51.4 Å². The third-order valence-corrected chi connectivity index (χ3v) is 8.41. The van der Waals surface area contributed by atoms with Crippen molar-refractivity contribution in [1.29, 1.82) is 0 Å². The van der Waals surface area contributed by atoms with E-state index in [9.17, 15) is 8.42 Å². The van der Waals surface area contributed by atoms with Gasteiger partial charge in [-0.05, 0) is 93.9 Å². The molecule has 2 atom stereocenters. The molecule has 214 valence electrons. The monoisotopic (exact) mass is 589 g/mol. The highest BCUT2D eigenvalue weighted by Gasteiger charge is 2.42. The quantitative estimate of drug-likeness (QED) is 0.257. The van der Waals surface area contributed by atoms with Crippen molar-refractivity contribution in [3.05, 3.63) is 100 Å². The molecule has 0 amide bonds. The molecule has 4 aromatic rings. The highest BCUT2D eigenvalue weighted by atomic mass is 32.2. The van der Waals surface area contributed by atoms with Crippen LogP contribution < -0.4 is 19.7 Å². The Balaban J connectivity index is 1.69. The number of thiocarbonyl (C=S) groups is 1. The number of rotatable bonds is 7. The first-order chi connectivity index (χ1) is 19.4. The number of aryl methyl sites for hydroxylation is 4. The Morgan fingerprint density at radius 3 is 2.32 bits per heavy atom. The van der Waals surface area contributed by atoms with Gasteiger partial charge >= 0.3 is 0 Å². The summed E-state index contributed by atoms with van der Waals surface area (Å²) in [5.74, 6) is 0.395. The molecular formula is C31H35N5O3S2. The summed E-state index contributed by atoms with van der Waals surface area (Å²) >= 11 is 5.94. The standard InChI is InChI=1S/C31H35N5O3S2/c1-18-14-19(2)29(20(3)15-18)35-21(4)16-24(22(35)5)30-28(26-10-8-9-13-32-26)33-31(40)36(30)23-11-12-25(27(17-23)39-6)34-41(7,37)38/h8-17,28,30,34H,1-7H3,(H,33,40). The van der Waals surface area contributed by atoms with Crippen LogP contribution in [0.15, 0.2) is 60.8 Å². The van der Waals surface area contributed by atoms with Crippen molar-refractivity contribution in [3.8, 4) is 11.4 Å². The SMILES string of the molecule is COc1cc(N2C(=S)NC(c3ccccn3)C2c2cc(C)n(-c3c(C)cc(C)cc3C)c2C)ccc1NS(C)(=O)=O. The van der Waals surface area contributed by atoms with Crippen LogP contribution in [0.3, 0.4) is 0 Å². The first-order valence-electron chi connectivity index (χ1n) is 13.3. The van der Waals surface area contributed by atoms with Gasteiger partial charge < -0.3 is 19.5 Å². The maximum atomic E-state index is 11.9. The number of methoxy groups -OCH3 is 1. The lowest BCUT2D eigenvalue weighted by molar-refractivity contribution is 0.417. The molecular weight excluding hydrogens is 555 g/mol. The molecule has 41 heavy (non-hydrogen) atoms. The smallest absolute Gasteiger partial charge is 0.229 e. The largest absolute Gasteiger partial charge is 0.494 e. The highest BCUT2D eigenvalue weighted by Crippen LogP contribution is 2.45. The van der Waals surface area contributed by atoms with Gasteiger partial charge in [-0.25, -0.2) is 8.42 Å². The van der Waals surface area contributed by atoms with Gasteiger partial charge in [0.25, 0.3) is 0 Å². The molecule has 10 heteroatoms. The first-order valence-corrected chi connectivity index (χ1v) is 15.6. The number of benzene rings is 2. The van der Waals surface area contributed by atoms with Gasteiger partial charge in [0.1, 0.15) is 5.75 Å². The second-order valence-electron chi connectivity index (χ2n) is 10.7. The number of aromatic nitrogens is 2. The predicted octanol–water partition coefficient (Wildman–Crippen LogP) is 5.97. The lowest BCUT2D eigenvalue weighted by Crippen LogP contribution is -2.29. The normalized spacial score (nSPS) is 17.0. The second-order valence-corrected chi connectivity index (χ2v) is 12.8. The van der Waals surface area contributed by atoms with Gasteiger partial charge in [-0.2, -0.15) is 0 Å². The third-order valence-electron chi connectivity index (χ3n) is 7.50. The van der Waals surface area contributed by atoms with Crippen molar-refractivity contribution in [3.63, 3.8) is 0 Å². The van der Waals surface area contributed by atoms with E-state index in [1.165, 1.54) is 29.5 Å². The molecule has 1 saturated heterocycles. The number of anilines is 2. The lowest BCUT2D eigenvalue weighted by atomic mass is 9.96. The second kappa shape index (κ2) is 10.8. The molecule has 2 unspecified atom stereocenters. The lowest BCUT2D eigenvalue weighted by Gasteiger charge is -2.29. The van der Waals surface area contributed by atoms with E-state index >= 15 is 0 Å². The predicted molar refractivity (Wildman–Crippen MR) is 169 cm³/mol. The van der Waals surface area contributed by atoms with Crippen LogP contribution in [-0.4, -0.2) is 36.4 Å². The minimum Gasteiger partial charge on any atom is -0.494 e. The summed E-state index contributed by atoms with van der Waals surface area (Å²) in [4.78, 5) is 6.76. The fourth-order valence-electron chi connectivity index (χ4n) is 6.02. The van der Waals surface area contributed by atoms with Gasteiger partial charge in [-0.15, -0.1) is 0 Å². The van der Waals surface area contributed by atoms with Crippen LogP contribution in [0.2, 0.25) is 0 Å². The molecule has 2 N–H and O–H groups in total. The number of ether oxygens (including phenoxy) is 1. The minimum absolute atomic E-state index is 0.224. The highest BCUT2D eigenvalue weighted by molar-refractivity contribution is 7.92. The fraction of sp³-hybridized carbons (Fsp3) is 0.290. The zero-order chi connectivity index (χ0) is 29.6. The van der Waals surface area contributed by atoms with E-state index < -0.39 is 10.0 Å². The molecule has 5 rings (SSSR count). The average molecular weight is 590 g/mol. The Kier molecular flexibility index (Phi) is 7.56. The molecule has 0 spiro atoms. The molecule has 3 heterocycles. The molecule has 8 nitrogen and oxygen atoms in total. The van der Waals surface area contributed by atoms with Gasteiger partial charge in [-0.3, -0.25) is 9.71 Å². The van der Waals surface area contributed by atoms with E-state index in [4.69, 9.17) is 17.0 Å². The Morgan fingerprint density at radius 1 is 1.00 bits per heavy atom. The van der Waals surface area contributed by atoms with Gasteiger partial charge in [0.15, 0.2) is 5.11 Å². The Hall–Kier alpha value is -3.89. The molecule has 1 aliphatic rings. The average Bonchev–Trinajstić information content (AvgIpc) is 3.39. The topological polar surface area (TPSA) is 88.5 Å². The Labute approximate surface area is 247 Å². The van der Waals surface area contributed by atoms with E-state index in [-0.39, 0.29) is 12.1 Å². The van der Waals surface area contributed by atoms with Gasteiger partial charge in [-0.1, -0.05) is 23.8 Å². The number of nitrogens with one attached hydrogen (secondary N) is 2. The van der Waals surface area contributed by atoms with Crippen LogP contribution in [0, 0.1) is 34.6 Å². The van der Waals surface area contributed by atoms with Crippen molar-refractivity contribution in [2.45, 2.75) is 46.7 Å². The van der Waals surface area contributed by atoms with E-state index in [0.29, 0.717) is 16.5 Å². The minimum atomic E-state index is -3.49. The molecule has 0 aliphatic carbocycles. The molecule has 1 aliphatic heterocycles. The summed E-state index contributed by atoms with van der Waals surface area (Å²) in [6.45, 7) is 10.7. The molecule has 2 aromatic carbocycles. The number of hydrogen-bond donors (Lipinski definition) is 2. The van der Waals surface area contributed by atoms with E-state index in [1.54, 1.807) is 12.3 Å². The zero-order valence-corrected chi connectivity index (χ0v) is 25.9. The molecule has 0 saturated carbocycles. The van der Waals surface area contributed by atoms with E-state index in [1.807, 2.05) is 30.3 Å². The van der Waals surface area contributed by atoms with Crippen LogP contribution in [0.5, 0.6) is 5.75 Å². The van der Waals surface area contributed by atoms with Crippen LogP contribution in [0.25, 0.3) is 5.69 Å². The number of pyridine rings is 1. The summed E-state index contributed by atoms with van der Waals surface area (Å²) in [5, 5.41) is 4.06. The fourth-order valence-corrected chi connectivity index (χ4v) is 6.93. The first kappa shape index (κ1) is 28.6. The van der Waals surface area contributed by atoms with Gasteiger partial charge in [0.05, 0.1) is 42.5 Å². The van der Waals surface area contributed by atoms with Crippen molar-refractivity contribution in [1.82, 2.24) is 14.9 Å². The summed E-state index contributed by atoms with van der Waals surface area (Å²) < 4.78 is 34.3. The number of hydrogen-bond acceptors (Lipinski definition) is 5. The molecule has 0 radical (unpaired) electrons. The zero-order valence-electron chi connectivity index (χ0n) is 24.3. The van der Waals surface area contributed by atoms with E-state index in [2.05, 4.69) is 77.3 Å². The summed E-state index contributed by atoms with van der Waals surface area (Å²) in [5.41, 5.74) is 10.2. The van der Waals surface area contributed by atoms with Crippen LogP contribution in [-0.2, 0) is 10.0 Å². The summed E-state index contributed by atoms with van der Waals surface area (Å²) in [6, 6.07) is 17.4. The maximum absolute atomic E-state index is 11.9. The van der Waals surface area contributed by atoms with Crippen molar-refractivity contribution >= 4 is 38.7 Å². The van der Waals surface area contributed by atoms with Gasteiger partial charge in [0, 0.05) is 29.3 Å². The van der Waals surface area contributed by atoms with Crippen molar-refractivity contribution < 1.29 is 13.2 Å². The van der Waals surface area contributed by atoms with Crippen LogP contribution in [0.4, 0.5) is 11.4 Å². The molecule has 0 bridgehead atoms. The van der Waals surface area contributed by atoms with Crippen LogP contribution >= 0.6 is 12.2 Å². The number of nitrogens with zero attached hydrogens (tertiary/aromatic N) is 3. The summed E-state index contributed by atoms with van der Waals surface area (Å²) in [6.07, 6.45) is 2.90. The van der Waals surface area contributed by atoms with E-state index in [0.717, 1.165) is 34.6 Å².